The molecule has 0 aliphatic carbocycles. The second-order valence-electron chi connectivity index (χ2n) is 15.0. The van der Waals surface area contributed by atoms with E-state index in [0.29, 0.717) is 11.3 Å². The molecule has 10 rings (SSSR count). The quantitative estimate of drug-likeness (QED) is 0.185. The second kappa shape index (κ2) is 13.8. The van der Waals surface area contributed by atoms with E-state index in [-0.39, 0.29) is 5.75 Å². The molecule has 1 N–H and O–H groups in total. The third kappa shape index (κ3) is 6.22. The van der Waals surface area contributed by atoms with Gasteiger partial charge in [0, 0.05) is 49.7 Å². The molecule has 0 saturated carbocycles. The van der Waals surface area contributed by atoms with Gasteiger partial charge in [0.2, 0.25) is 0 Å². The molecule has 0 atom stereocenters. The minimum atomic E-state index is 0.227. The van der Waals surface area contributed by atoms with Crippen molar-refractivity contribution < 1.29 is 9.52 Å². The van der Waals surface area contributed by atoms with E-state index in [9.17, 15) is 5.11 Å². The van der Waals surface area contributed by atoms with E-state index in [1.54, 1.807) is 0 Å². The van der Waals surface area contributed by atoms with Crippen molar-refractivity contribution in [3.63, 3.8) is 0 Å². The molecular formula is C53H38N2O2. The summed E-state index contributed by atoms with van der Waals surface area (Å²) >= 11 is 0. The number of benzene rings is 7. The van der Waals surface area contributed by atoms with Gasteiger partial charge in [-0.15, -0.1) is 0 Å². The Kier molecular flexibility index (Phi) is 8.27. The lowest BCUT2D eigenvalue weighted by atomic mass is 9.95. The molecule has 272 valence electrons. The van der Waals surface area contributed by atoms with Gasteiger partial charge in [-0.2, -0.15) is 0 Å². The van der Waals surface area contributed by atoms with Gasteiger partial charge < -0.3 is 9.52 Å². The molecule has 0 bridgehead atoms. The molecule has 3 aromatic heterocycles. The van der Waals surface area contributed by atoms with Crippen LogP contribution in [-0.2, 0) is 0 Å². The Morgan fingerprint density at radius 2 is 0.947 bits per heavy atom. The van der Waals surface area contributed by atoms with Gasteiger partial charge in [-0.1, -0.05) is 145 Å². The summed E-state index contributed by atoms with van der Waals surface area (Å²) in [6.07, 6.45) is 0. The highest BCUT2D eigenvalue weighted by Crippen LogP contribution is 2.42. The zero-order valence-electron chi connectivity index (χ0n) is 31.9. The zero-order chi connectivity index (χ0) is 38.6. The van der Waals surface area contributed by atoms with Crippen LogP contribution in [0, 0.1) is 20.8 Å². The molecule has 0 aliphatic heterocycles. The summed E-state index contributed by atoms with van der Waals surface area (Å²) in [7, 11) is 0. The predicted molar refractivity (Wildman–Crippen MR) is 235 cm³/mol. The highest BCUT2D eigenvalue weighted by atomic mass is 16.3. The monoisotopic (exact) mass is 734 g/mol. The van der Waals surface area contributed by atoms with Crippen LogP contribution in [-0.4, -0.2) is 15.1 Å². The summed E-state index contributed by atoms with van der Waals surface area (Å²) in [6.45, 7) is 6.29. The van der Waals surface area contributed by atoms with Crippen molar-refractivity contribution in [1.82, 2.24) is 9.97 Å². The Morgan fingerprint density at radius 3 is 1.68 bits per heavy atom. The minimum Gasteiger partial charge on any atom is -0.507 e. The fraction of sp³-hybridized carbons (Fsp3) is 0.0566. The lowest BCUT2D eigenvalue weighted by Gasteiger charge is -2.14. The van der Waals surface area contributed by atoms with E-state index in [0.717, 1.165) is 94.3 Å². The van der Waals surface area contributed by atoms with E-state index < -0.39 is 0 Å². The van der Waals surface area contributed by atoms with E-state index in [4.69, 9.17) is 14.4 Å². The molecule has 4 heteroatoms. The summed E-state index contributed by atoms with van der Waals surface area (Å²) in [5.74, 6) is 0.227. The lowest BCUT2D eigenvalue weighted by molar-refractivity contribution is 0.483. The van der Waals surface area contributed by atoms with Crippen LogP contribution in [0.1, 0.15) is 16.8 Å². The second-order valence-corrected chi connectivity index (χ2v) is 15.0. The normalized spacial score (nSPS) is 11.5. The number of para-hydroxylation sites is 2. The largest absolute Gasteiger partial charge is 0.507 e. The topological polar surface area (TPSA) is 59.2 Å². The number of rotatable bonds is 6. The third-order valence-corrected chi connectivity index (χ3v) is 10.9. The number of pyridine rings is 2. The van der Waals surface area contributed by atoms with Crippen molar-refractivity contribution in [2.45, 2.75) is 20.8 Å². The summed E-state index contributed by atoms with van der Waals surface area (Å²) in [5, 5.41) is 15.5. The number of phenolic OH excluding ortho intramolecular Hbond substituents is 1. The summed E-state index contributed by atoms with van der Waals surface area (Å²) in [5.41, 5.74) is 16.5. The Labute approximate surface area is 331 Å². The Balaban J connectivity index is 1.10. The summed E-state index contributed by atoms with van der Waals surface area (Å²) in [4.78, 5) is 10.3. The third-order valence-electron chi connectivity index (χ3n) is 10.9. The maximum absolute atomic E-state index is 11.6. The Hall–Kier alpha value is -7.30. The van der Waals surface area contributed by atoms with Crippen molar-refractivity contribution in [1.29, 1.82) is 0 Å². The molecule has 0 aliphatic rings. The number of furan rings is 1. The maximum Gasteiger partial charge on any atom is 0.143 e. The van der Waals surface area contributed by atoms with Gasteiger partial charge in [0.05, 0.1) is 17.1 Å². The molecule has 0 fully saturated rings. The maximum atomic E-state index is 11.6. The number of nitrogens with zero attached hydrogens (tertiary/aromatic N) is 2. The molecule has 7 aromatic carbocycles. The fourth-order valence-corrected chi connectivity index (χ4v) is 8.29. The van der Waals surface area contributed by atoms with Crippen LogP contribution in [0.15, 0.2) is 174 Å². The van der Waals surface area contributed by atoms with Crippen LogP contribution >= 0.6 is 0 Å². The van der Waals surface area contributed by atoms with Crippen molar-refractivity contribution in [3.8, 4) is 72.9 Å². The molecule has 10 aromatic rings. The van der Waals surface area contributed by atoms with Gasteiger partial charge >= 0.3 is 0 Å². The highest BCUT2D eigenvalue weighted by molar-refractivity contribution is 6.13. The average Bonchev–Trinajstić information content (AvgIpc) is 3.63. The van der Waals surface area contributed by atoms with Gasteiger partial charge in [-0.3, -0.25) is 4.98 Å². The van der Waals surface area contributed by atoms with Crippen LogP contribution in [0.25, 0.3) is 99.9 Å². The summed E-state index contributed by atoms with van der Waals surface area (Å²) < 4.78 is 6.78. The molecule has 0 saturated heterocycles. The van der Waals surface area contributed by atoms with Crippen molar-refractivity contribution in [2.24, 2.45) is 0 Å². The molecule has 0 radical (unpaired) electrons. The molecule has 57 heavy (non-hydrogen) atoms. The van der Waals surface area contributed by atoms with Gasteiger partial charge in [-0.05, 0) is 84.8 Å². The molecule has 3 heterocycles. The Bertz CT molecular complexity index is 3160. The van der Waals surface area contributed by atoms with Crippen LogP contribution < -0.4 is 0 Å². The molecule has 0 amide bonds. The van der Waals surface area contributed by atoms with Crippen LogP contribution in [0.4, 0.5) is 0 Å². The van der Waals surface area contributed by atoms with Gasteiger partial charge in [0.1, 0.15) is 16.9 Å². The number of phenols is 1. The van der Waals surface area contributed by atoms with Crippen LogP contribution in [0.3, 0.4) is 0 Å². The van der Waals surface area contributed by atoms with E-state index in [1.165, 1.54) is 11.1 Å². The standard InChI is InChI=1S/C53H38N2O2/c1-32-24-33(2)26-39(25-32)40-29-49(55-50(30-40)47-23-22-36-14-7-8-17-42(36)51(47)56)38-16-9-15-37(28-38)48-31-41(27-34(3)54-48)44-19-11-21-46-45-20-10-18-43(52(45)57-53(44)46)35-12-5-4-6-13-35/h4-31,56H,1-3H3. The van der Waals surface area contributed by atoms with Gasteiger partial charge in [0.15, 0.2) is 0 Å². The average molecular weight is 735 g/mol. The number of aromatic hydroxyl groups is 1. The van der Waals surface area contributed by atoms with Crippen LogP contribution in [0.2, 0.25) is 0 Å². The van der Waals surface area contributed by atoms with Crippen LogP contribution in [0.5, 0.6) is 5.75 Å². The smallest absolute Gasteiger partial charge is 0.143 e. The molecular weight excluding hydrogens is 697 g/mol. The number of hydrogen-bond donors (Lipinski definition) is 1. The predicted octanol–water partition coefficient (Wildman–Crippen LogP) is 14.2. The van der Waals surface area contributed by atoms with E-state index in [1.807, 2.05) is 49.4 Å². The number of aryl methyl sites for hydroxylation is 3. The van der Waals surface area contributed by atoms with E-state index >= 15 is 0 Å². The van der Waals surface area contributed by atoms with Crippen molar-refractivity contribution in [2.75, 3.05) is 0 Å². The first-order valence-electron chi connectivity index (χ1n) is 19.3. The van der Waals surface area contributed by atoms with Gasteiger partial charge in [-0.25, -0.2) is 4.98 Å². The van der Waals surface area contributed by atoms with Crippen molar-refractivity contribution in [3.05, 3.63) is 187 Å². The minimum absolute atomic E-state index is 0.227. The lowest BCUT2D eigenvalue weighted by Crippen LogP contribution is -1.94. The number of aromatic nitrogens is 2. The first-order chi connectivity index (χ1) is 27.9. The fourth-order valence-electron chi connectivity index (χ4n) is 8.29. The van der Waals surface area contributed by atoms with Gasteiger partial charge in [0.25, 0.3) is 0 Å². The highest BCUT2D eigenvalue weighted by Gasteiger charge is 2.18. The molecule has 4 nitrogen and oxygen atoms in total. The number of fused-ring (bicyclic) bond motifs is 4. The Morgan fingerprint density at radius 1 is 0.386 bits per heavy atom. The molecule has 0 spiro atoms. The molecule has 0 unspecified atom stereocenters. The first kappa shape index (κ1) is 34.2. The SMILES string of the molecule is Cc1cc(C)cc(-c2cc(-c3cccc(-c4cc(-c5cccc6c5oc5c(-c7ccccc7)cccc56)cc(C)n4)c3)nc(-c3ccc4ccccc4c3O)c2)c1. The summed E-state index contributed by atoms with van der Waals surface area (Å²) in [6, 6.07) is 58.6. The van der Waals surface area contributed by atoms with Crippen molar-refractivity contribution >= 4 is 32.7 Å². The van der Waals surface area contributed by atoms with E-state index in [2.05, 4.69) is 141 Å². The first-order valence-corrected chi connectivity index (χ1v) is 19.3. The number of hydrogen-bond acceptors (Lipinski definition) is 4. The zero-order valence-corrected chi connectivity index (χ0v) is 31.9.